The smallest absolute Gasteiger partial charge is 0.337 e. The minimum atomic E-state index is -0.548. The maximum atomic E-state index is 13.4. The van der Waals surface area contributed by atoms with E-state index in [0.717, 1.165) is 10.1 Å². The van der Waals surface area contributed by atoms with Crippen molar-refractivity contribution in [1.82, 2.24) is 18.7 Å². The zero-order valence-corrected chi connectivity index (χ0v) is 17.4. The van der Waals surface area contributed by atoms with Crippen LogP contribution in [-0.4, -0.2) is 18.7 Å². The summed E-state index contributed by atoms with van der Waals surface area (Å²) < 4.78 is 22.8. The minimum absolute atomic E-state index is 0.0318. The first-order valence-electron chi connectivity index (χ1n) is 9.75. The van der Waals surface area contributed by atoms with Crippen LogP contribution >= 0.6 is 11.6 Å². The molecule has 0 spiro atoms. The number of furan rings is 1. The van der Waals surface area contributed by atoms with Crippen LogP contribution in [0.5, 0.6) is 0 Å². The molecule has 0 aliphatic heterocycles. The number of rotatable bonds is 5. The molecule has 0 radical (unpaired) electrons. The zero-order chi connectivity index (χ0) is 22.2. The third-order valence-electron chi connectivity index (χ3n) is 5.15. The van der Waals surface area contributed by atoms with Crippen LogP contribution in [0.3, 0.4) is 0 Å². The van der Waals surface area contributed by atoms with Crippen molar-refractivity contribution in [1.29, 1.82) is 0 Å². The van der Waals surface area contributed by atoms with Crippen molar-refractivity contribution in [3.05, 3.63) is 116 Å². The van der Waals surface area contributed by atoms with Gasteiger partial charge in [-0.05, 0) is 54.1 Å². The first-order valence-corrected chi connectivity index (χ1v) is 10.1. The van der Waals surface area contributed by atoms with Crippen molar-refractivity contribution in [2.45, 2.75) is 13.1 Å². The summed E-state index contributed by atoms with van der Waals surface area (Å²) >= 11 is 6.01. The molecule has 0 saturated heterocycles. The van der Waals surface area contributed by atoms with Crippen LogP contribution in [0.2, 0.25) is 5.02 Å². The molecule has 0 atom stereocenters. The van der Waals surface area contributed by atoms with Crippen molar-refractivity contribution in [3.63, 3.8) is 0 Å². The van der Waals surface area contributed by atoms with Gasteiger partial charge in [0.15, 0.2) is 11.2 Å². The lowest BCUT2D eigenvalue weighted by Crippen LogP contribution is -2.40. The summed E-state index contributed by atoms with van der Waals surface area (Å²) in [6.45, 7) is 0.252. The van der Waals surface area contributed by atoms with Crippen molar-refractivity contribution < 1.29 is 8.81 Å². The Labute approximate surface area is 185 Å². The Kier molecular flexibility index (Phi) is 4.99. The fraction of sp³-hybridized carbons (Fsp3) is 0.0870. The number of benzene rings is 2. The van der Waals surface area contributed by atoms with Gasteiger partial charge < -0.3 is 8.98 Å². The summed E-state index contributed by atoms with van der Waals surface area (Å²) in [6, 6.07) is 16.1. The van der Waals surface area contributed by atoms with E-state index in [1.165, 1.54) is 29.3 Å². The summed E-state index contributed by atoms with van der Waals surface area (Å²) in [6.07, 6.45) is 2.98. The number of halogens is 2. The summed E-state index contributed by atoms with van der Waals surface area (Å²) in [5, 5.41) is 0.517. The lowest BCUT2D eigenvalue weighted by molar-refractivity contribution is 0.482. The largest absolute Gasteiger partial charge is 0.467 e. The standard InChI is InChI=1S/C23H16ClFN4O3/c24-16-5-9-18(10-6-16)29-21-20(22(30)28(23(29)31)13-19-2-1-11-32-19)27(14-26-21)12-15-3-7-17(25)8-4-15/h1-11,14H,12-13H2. The van der Waals surface area contributed by atoms with Gasteiger partial charge in [-0.1, -0.05) is 23.7 Å². The Morgan fingerprint density at radius 2 is 1.72 bits per heavy atom. The SMILES string of the molecule is O=c1c2c(ncn2Cc2ccc(F)cc2)n(-c2ccc(Cl)cc2)c(=O)n1Cc1ccco1. The fourth-order valence-electron chi connectivity index (χ4n) is 3.61. The molecule has 3 heterocycles. The lowest BCUT2D eigenvalue weighted by atomic mass is 10.2. The number of hydrogen-bond acceptors (Lipinski definition) is 4. The third-order valence-corrected chi connectivity index (χ3v) is 5.40. The van der Waals surface area contributed by atoms with E-state index in [9.17, 15) is 14.0 Å². The molecule has 5 rings (SSSR count). The van der Waals surface area contributed by atoms with E-state index < -0.39 is 11.2 Å². The summed E-state index contributed by atoms with van der Waals surface area (Å²) in [5.74, 6) is 0.123. The highest BCUT2D eigenvalue weighted by molar-refractivity contribution is 6.30. The Bertz CT molecular complexity index is 1520. The van der Waals surface area contributed by atoms with Crippen molar-refractivity contribution in [2.75, 3.05) is 0 Å². The molecule has 0 aliphatic carbocycles. The highest BCUT2D eigenvalue weighted by atomic mass is 35.5. The highest BCUT2D eigenvalue weighted by Crippen LogP contribution is 2.17. The molecule has 0 saturated carbocycles. The number of hydrogen-bond donors (Lipinski definition) is 0. The molecule has 5 aromatic rings. The van der Waals surface area contributed by atoms with Gasteiger partial charge in [0.05, 0.1) is 24.8 Å². The molecule has 0 bridgehead atoms. The average molecular weight is 451 g/mol. The van der Waals surface area contributed by atoms with Crippen molar-refractivity contribution >= 4 is 22.8 Å². The average Bonchev–Trinajstić information content (AvgIpc) is 3.44. The van der Waals surface area contributed by atoms with E-state index in [4.69, 9.17) is 16.0 Å². The Morgan fingerprint density at radius 3 is 2.41 bits per heavy atom. The molecule has 2 aromatic carbocycles. The van der Waals surface area contributed by atoms with E-state index in [1.807, 2.05) is 0 Å². The van der Waals surface area contributed by atoms with Gasteiger partial charge in [0.25, 0.3) is 5.56 Å². The van der Waals surface area contributed by atoms with Crippen LogP contribution in [0.4, 0.5) is 4.39 Å². The molecular weight excluding hydrogens is 435 g/mol. The molecular formula is C23H16ClFN4O3. The van der Waals surface area contributed by atoms with Crippen LogP contribution in [0, 0.1) is 5.82 Å². The maximum Gasteiger partial charge on any atom is 0.337 e. The molecule has 0 amide bonds. The minimum Gasteiger partial charge on any atom is -0.467 e. The molecule has 0 unspecified atom stereocenters. The molecule has 3 aromatic heterocycles. The molecule has 160 valence electrons. The first-order chi connectivity index (χ1) is 15.5. The van der Waals surface area contributed by atoms with Gasteiger partial charge in [0, 0.05) is 11.6 Å². The summed E-state index contributed by atoms with van der Waals surface area (Å²) in [5.41, 5.74) is 0.728. The Morgan fingerprint density at radius 1 is 0.969 bits per heavy atom. The van der Waals surface area contributed by atoms with Gasteiger partial charge in [-0.3, -0.25) is 9.36 Å². The van der Waals surface area contributed by atoms with E-state index >= 15 is 0 Å². The van der Waals surface area contributed by atoms with Crippen LogP contribution < -0.4 is 11.2 Å². The van der Waals surface area contributed by atoms with Crippen LogP contribution in [0.15, 0.2) is 87.3 Å². The normalized spacial score (nSPS) is 11.3. The summed E-state index contributed by atoms with van der Waals surface area (Å²) in [4.78, 5) is 31.2. The fourth-order valence-corrected chi connectivity index (χ4v) is 3.73. The second-order valence-corrected chi connectivity index (χ2v) is 7.67. The van der Waals surface area contributed by atoms with E-state index in [2.05, 4.69) is 4.98 Å². The molecule has 32 heavy (non-hydrogen) atoms. The lowest BCUT2D eigenvalue weighted by Gasteiger charge is -2.12. The van der Waals surface area contributed by atoms with Crippen LogP contribution in [-0.2, 0) is 13.1 Å². The second-order valence-electron chi connectivity index (χ2n) is 7.24. The molecule has 7 nitrogen and oxygen atoms in total. The molecule has 9 heteroatoms. The number of nitrogens with zero attached hydrogens (tertiary/aromatic N) is 4. The van der Waals surface area contributed by atoms with E-state index in [0.29, 0.717) is 16.5 Å². The molecule has 0 aliphatic rings. The van der Waals surface area contributed by atoms with Gasteiger partial charge in [0.2, 0.25) is 0 Å². The molecule has 0 N–H and O–H groups in total. The number of imidazole rings is 1. The van der Waals surface area contributed by atoms with E-state index in [-0.39, 0.29) is 30.1 Å². The summed E-state index contributed by atoms with van der Waals surface area (Å²) in [7, 11) is 0. The zero-order valence-electron chi connectivity index (χ0n) is 16.6. The van der Waals surface area contributed by atoms with Gasteiger partial charge in [-0.2, -0.15) is 0 Å². The predicted octanol–water partition coefficient (Wildman–Crippen LogP) is 3.83. The van der Waals surface area contributed by atoms with Crippen molar-refractivity contribution in [3.8, 4) is 5.69 Å². The van der Waals surface area contributed by atoms with Gasteiger partial charge in [-0.15, -0.1) is 0 Å². The Hall–Kier alpha value is -3.91. The molecule has 0 fully saturated rings. The monoisotopic (exact) mass is 450 g/mol. The first kappa shape index (κ1) is 20.0. The van der Waals surface area contributed by atoms with Crippen LogP contribution in [0.25, 0.3) is 16.9 Å². The predicted molar refractivity (Wildman–Crippen MR) is 118 cm³/mol. The van der Waals surface area contributed by atoms with Gasteiger partial charge >= 0.3 is 5.69 Å². The maximum absolute atomic E-state index is 13.4. The second kappa shape index (κ2) is 7.97. The number of fused-ring (bicyclic) bond motifs is 1. The number of aromatic nitrogens is 4. The topological polar surface area (TPSA) is 75.0 Å². The van der Waals surface area contributed by atoms with Gasteiger partial charge in [-0.25, -0.2) is 18.7 Å². The van der Waals surface area contributed by atoms with Crippen molar-refractivity contribution in [2.24, 2.45) is 0 Å². The van der Waals surface area contributed by atoms with Crippen LogP contribution in [0.1, 0.15) is 11.3 Å². The third kappa shape index (κ3) is 3.54. The quantitative estimate of drug-likeness (QED) is 0.408. The highest BCUT2D eigenvalue weighted by Gasteiger charge is 2.20. The Balaban J connectivity index is 1.75. The van der Waals surface area contributed by atoms with E-state index in [1.54, 1.807) is 53.1 Å². The van der Waals surface area contributed by atoms with Gasteiger partial charge in [0.1, 0.15) is 11.6 Å².